The van der Waals surface area contributed by atoms with Crippen LogP contribution in [0.5, 0.6) is 5.75 Å². The van der Waals surface area contributed by atoms with E-state index in [9.17, 15) is 0 Å². The van der Waals surface area contributed by atoms with Gasteiger partial charge in [0, 0.05) is 11.6 Å². The summed E-state index contributed by atoms with van der Waals surface area (Å²) in [6.45, 7) is 2.80. The van der Waals surface area contributed by atoms with Crippen molar-refractivity contribution >= 4 is 23.5 Å². The van der Waals surface area contributed by atoms with E-state index < -0.39 is 0 Å². The number of rotatable bonds is 4. The molecule has 1 heterocycles. The van der Waals surface area contributed by atoms with Crippen LogP contribution in [0, 0.1) is 5.92 Å². The van der Waals surface area contributed by atoms with Crippen molar-refractivity contribution in [3.05, 3.63) is 36.5 Å². The van der Waals surface area contributed by atoms with Gasteiger partial charge in [0.15, 0.2) is 0 Å². The van der Waals surface area contributed by atoms with E-state index in [1.807, 2.05) is 30.3 Å². The van der Waals surface area contributed by atoms with Gasteiger partial charge < -0.3 is 4.74 Å². The van der Waals surface area contributed by atoms with Gasteiger partial charge in [-0.05, 0) is 23.8 Å². The third kappa shape index (κ3) is 2.47. The maximum absolute atomic E-state index is 5.76. The molecular weight excluding hydrogens is 218 g/mol. The van der Waals surface area contributed by atoms with Crippen LogP contribution in [0.4, 0.5) is 0 Å². The zero-order valence-corrected chi connectivity index (χ0v) is 10.2. The number of para-hydroxylation sites is 1. The second-order valence-corrected chi connectivity index (χ2v) is 4.30. The van der Waals surface area contributed by atoms with E-state index in [-0.39, 0.29) is 0 Å². The van der Waals surface area contributed by atoms with Gasteiger partial charge in [0.2, 0.25) is 0 Å². The van der Waals surface area contributed by atoms with Crippen molar-refractivity contribution in [1.82, 2.24) is 4.98 Å². The monoisotopic (exact) mass is 233 g/mol. The average molecular weight is 233 g/mol. The fourth-order valence-corrected chi connectivity index (χ4v) is 1.58. The van der Waals surface area contributed by atoms with Gasteiger partial charge in [-0.3, -0.25) is 4.98 Å². The van der Waals surface area contributed by atoms with Crippen LogP contribution < -0.4 is 4.74 Å². The Kier molecular flexibility index (Phi) is 3.67. The lowest BCUT2D eigenvalue weighted by Gasteiger charge is -2.11. The molecule has 0 bridgehead atoms. The van der Waals surface area contributed by atoms with E-state index in [1.54, 1.807) is 6.20 Å². The number of benzene rings is 1. The standard InChI is InChI=1S/C13H15NOS/c1-10(9-16)8-15-12-6-2-4-11-5-3-7-14-13(11)12/h2-7,10,16H,8-9H2,1H3. The van der Waals surface area contributed by atoms with Crippen LogP contribution in [-0.2, 0) is 0 Å². The van der Waals surface area contributed by atoms with Crippen LogP contribution in [-0.4, -0.2) is 17.3 Å². The Morgan fingerprint density at radius 2 is 2.12 bits per heavy atom. The van der Waals surface area contributed by atoms with Gasteiger partial charge in [0.25, 0.3) is 0 Å². The Labute approximate surface area is 101 Å². The normalized spacial score (nSPS) is 12.6. The highest BCUT2D eigenvalue weighted by atomic mass is 32.1. The van der Waals surface area contributed by atoms with E-state index in [2.05, 4.69) is 24.5 Å². The van der Waals surface area contributed by atoms with Crippen molar-refractivity contribution in [1.29, 1.82) is 0 Å². The molecule has 1 atom stereocenters. The first-order valence-corrected chi connectivity index (χ1v) is 6.02. The summed E-state index contributed by atoms with van der Waals surface area (Å²) in [5, 5.41) is 1.11. The largest absolute Gasteiger partial charge is 0.491 e. The highest BCUT2D eigenvalue weighted by Crippen LogP contribution is 2.23. The Morgan fingerprint density at radius 3 is 2.94 bits per heavy atom. The Hall–Kier alpha value is -1.22. The lowest BCUT2D eigenvalue weighted by Crippen LogP contribution is -2.10. The summed E-state index contributed by atoms with van der Waals surface area (Å²) in [4.78, 5) is 4.34. The minimum atomic E-state index is 0.447. The zero-order chi connectivity index (χ0) is 11.4. The summed E-state index contributed by atoms with van der Waals surface area (Å²) in [5.41, 5.74) is 0.927. The van der Waals surface area contributed by atoms with Gasteiger partial charge in [0.05, 0.1) is 6.61 Å². The molecule has 1 aromatic heterocycles. The molecule has 0 amide bonds. The quantitative estimate of drug-likeness (QED) is 0.819. The lowest BCUT2D eigenvalue weighted by atomic mass is 10.2. The van der Waals surface area contributed by atoms with Gasteiger partial charge in [-0.25, -0.2) is 0 Å². The third-order valence-corrected chi connectivity index (χ3v) is 3.05. The van der Waals surface area contributed by atoms with E-state index in [0.29, 0.717) is 12.5 Å². The summed E-state index contributed by atoms with van der Waals surface area (Å²) in [6, 6.07) is 9.96. The van der Waals surface area contributed by atoms with Crippen molar-refractivity contribution in [2.75, 3.05) is 12.4 Å². The van der Waals surface area contributed by atoms with Gasteiger partial charge in [-0.2, -0.15) is 12.6 Å². The minimum Gasteiger partial charge on any atom is -0.491 e. The van der Waals surface area contributed by atoms with Crippen molar-refractivity contribution in [2.45, 2.75) is 6.92 Å². The fourth-order valence-electron chi connectivity index (χ4n) is 1.48. The fraction of sp³-hybridized carbons (Fsp3) is 0.308. The molecular formula is C13H15NOS. The first kappa shape index (κ1) is 11.3. The molecule has 1 aromatic carbocycles. The molecule has 0 saturated heterocycles. The SMILES string of the molecule is CC(CS)COc1cccc2cccnc12. The molecule has 0 aliphatic rings. The number of hydrogen-bond donors (Lipinski definition) is 1. The molecule has 2 aromatic rings. The summed E-state index contributed by atoms with van der Waals surface area (Å²) < 4.78 is 5.76. The molecule has 0 spiro atoms. The maximum Gasteiger partial charge on any atom is 0.145 e. The number of pyridine rings is 1. The number of nitrogens with zero attached hydrogens (tertiary/aromatic N) is 1. The molecule has 0 radical (unpaired) electrons. The van der Waals surface area contributed by atoms with Crippen molar-refractivity contribution < 1.29 is 4.74 Å². The predicted octanol–water partition coefficient (Wildman–Crippen LogP) is 3.18. The molecule has 0 aliphatic heterocycles. The van der Waals surface area contributed by atoms with Crippen LogP contribution in [0.15, 0.2) is 36.5 Å². The molecule has 84 valence electrons. The second kappa shape index (κ2) is 5.21. The molecule has 0 saturated carbocycles. The Morgan fingerprint density at radius 1 is 1.31 bits per heavy atom. The predicted molar refractivity (Wildman–Crippen MR) is 70.3 cm³/mol. The molecule has 3 heteroatoms. The summed E-state index contributed by atoms with van der Waals surface area (Å²) in [6.07, 6.45) is 1.79. The van der Waals surface area contributed by atoms with Gasteiger partial charge >= 0.3 is 0 Å². The first-order chi connectivity index (χ1) is 7.81. The van der Waals surface area contributed by atoms with Crippen LogP contribution in [0.1, 0.15) is 6.92 Å². The Balaban J connectivity index is 2.23. The second-order valence-electron chi connectivity index (χ2n) is 3.93. The summed E-state index contributed by atoms with van der Waals surface area (Å²) in [7, 11) is 0. The molecule has 0 aliphatic carbocycles. The van der Waals surface area contributed by atoms with Gasteiger partial charge in [-0.15, -0.1) is 0 Å². The van der Waals surface area contributed by atoms with Crippen molar-refractivity contribution in [2.24, 2.45) is 5.92 Å². The third-order valence-electron chi connectivity index (χ3n) is 2.43. The van der Waals surface area contributed by atoms with Crippen LogP contribution in [0.25, 0.3) is 10.9 Å². The highest BCUT2D eigenvalue weighted by molar-refractivity contribution is 7.80. The lowest BCUT2D eigenvalue weighted by molar-refractivity contribution is 0.276. The summed E-state index contributed by atoms with van der Waals surface area (Å²) >= 11 is 4.24. The first-order valence-electron chi connectivity index (χ1n) is 5.38. The van der Waals surface area contributed by atoms with Crippen LogP contribution in [0.3, 0.4) is 0 Å². The summed E-state index contributed by atoms with van der Waals surface area (Å²) in [5.74, 6) is 2.13. The van der Waals surface area contributed by atoms with E-state index in [1.165, 1.54) is 0 Å². The number of fused-ring (bicyclic) bond motifs is 1. The number of hydrogen-bond acceptors (Lipinski definition) is 3. The smallest absolute Gasteiger partial charge is 0.145 e. The maximum atomic E-state index is 5.76. The van der Waals surface area contributed by atoms with E-state index >= 15 is 0 Å². The van der Waals surface area contributed by atoms with Gasteiger partial charge in [-0.1, -0.05) is 25.1 Å². The molecule has 0 fully saturated rings. The van der Waals surface area contributed by atoms with Gasteiger partial charge in [0.1, 0.15) is 11.3 Å². The Bertz CT molecular complexity index is 467. The topological polar surface area (TPSA) is 22.1 Å². The number of aromatic nitrogens is 1. The highest BCUT2D eigenvalue weighted by Gasteiger charge is 2.04. The van der Waals surface area contributed by atoms with Crippen LogP contribution in [0.2, 0.25) is 0 Å². The van der Waals surface area contributed by atoms with E-state index in [0.717, 1.165) is 22.4 Å². The molecule has 16 heavy (non-hydrogen) atoms. The number of thiol groups is 1. The molecule has 1 unspecified atom stereocenters. The van der Waals surface area contributed by atoms with Crippen LogP contribution >= 0.6 is 12.6 Å². The molecule has 2 nitrogen and oxygen atoms in total. The number of ether oxygens (including phenoxy) is 1. The van der Waals surface area contributed by atoms with Crippen molar-refractivity contribution in [3.63, 3.8) is 0 Å². The average Bonchev–Trinajstić information content (AvgIpc) is 2.35. The molecule has 0 N–H and O–H groups in total. The van der Waals surface area contributed by atoms with Crippen molar-refractivity contribution in [3.8, 4) is 5.75 Å². The zero-order valence-electron chi connectivity index (χ0n) is 9.26. The van der Waals surface area contributed by atoms with E-state index in [4.69, 9.17) is 4.74 Å². The molecule has 2 rings (SSSR count). The minimum absolute atomic E-state index is 0.447.